The largest absolute Gasteiger partial charge is 0.490 e. The van der Waals surface area contributed by atoms with Crippen LogP contribution in [0.1, 0.15) is 32.8 Å². The minimum Gasteiger partial charge on any atom is -0.490 e. The molecular weight excluding hydrogens is 390 g/mol. The van der Waals surface area contributed by atoms with E-state index in [9.17, 15) is 4.79 Å². The van der Waals surface area contributed by atoms with Crippen LogP contribution in [0.5, 0.6) is 11.5 Å². The summed E-state index contributed by atoms with van der Waals surface area (Å²) in [4.78, 5) is 15.0. The summed E-state index contributed by atoms with van der Waals surface area (Å²) in [5, 5.41) is 0. The molecule has 1 atom stereocenters. The molecule has 146 valence electrons. The van der Waals surface area contributed by atoms with Gasteiger partial charge in [-0.15, -0.1) is 0 Å². The van der Waals surface area contributed by atoms with Crippen molar-refractivity contribution in [3.8, 4) is 11.5 Å². The summed E-state index contributed by atoms with van der Waals surface area (Å²) in [6.45, 7) is 6.58. The zero-order valence-corrected chi connectivity index (χ0v) is 17.8. The molecule has 1 heterocycles. The fraction of sp³-hybridized carbons (Fsp3) is 0.273. The fourth-order valence-electron chi connectivity index (χ4n) is 2.70. The Hall–Kier alpha value is -2.31. The molecule has 2 aromatic rings. The molecule has 0 bridgehead atoms. The lowest BCUT2D eigenvalue weighted by molar-refractivity contribution is -0.113. The number of thiocarbonyl (C=S) groups is 1. The van der Waals surface area contributed by atoms with Gasteiger partial charge in [-0.05, 0) is 56.2 Å². The standard InChI is InChI=1S/C22H23NO3S2/c1-4-15(3)26-18-12-11-16(13-19(18)25-5-2)14-20-21(24)23(22(27)28-20)17-9-7-6-8-10-17/h6-15H,4-5H2,1-3H3/b20-14+/t15-/m1/s1. The van der Waals surface area contributed by atoms with Gasteiger partial charge in [-0.3, -0.25) is 9.69 Å². The van der Waals surface area contributed by atoms with E-state index in [2.05, 4.69) is 6.92 Å². The number of para-hydroxylation sites is 1. The zero-order valence-electron chi connectivity index (χ0n) is 16.2. The van der Waals surface area contributed by atoms with E-state index in [1.807, 2.05) is 68.5 Å². The number of benzene rings is 2. The van der Waals surface area contributed by atoms with Crippen molar-refractivity contribution in [1.82, 2.24) is 0 Å². The van der Waals surface area contributed by atoms with Gasteiger partial charge in [-0.2, -0.15) is 0 Å². The van der Waals surface area contributed by atoms with Crippen molar-refractivity contribution in [1.29, 1.82) is 0 Å². The molecular formula is C22H23NO3S2. The van der Waals surface area contributed by atoms with Gasteiger partial charge in [0, 0.05) is 0 Å². The monoisotopic (exact) mass is 413 g/mol. The topological polar surface area (TPSA) is 38.8 Å². The molecule has 0 radical (unpaired) electrons. The number of nitrogens with zero attached hydrogens (tertiary/aromatic N) is 1. The van der Waals surface area contributed by atoms with E-state index in [1.54, 1.807) is 4.90 Å². The van der Waals surface area contributed by atoms with E-state index < -0.39 is 0 Å². The molecule has 1 aliphatic rings. The van der Waals surface area contributed by atoms with Crippen LogP contribution in [0.15, 0.2) is 53.4 Å². The van der Waals surface area contributed by atoms with Gasteiger partial charge >= 0.3 is 0 Å². The van der Waals surface area contributed by atoms with Gasteiger partial charge in [-0.1, -0.05) is 55.2 Å². The minimum absolute atomic E-state index is 0.104. The summed E-state index contributed by atoms with van der Waals surface area (Å²) in [5.41, 5.74) is 1.65. The highest BCUT2D eigenvalue weighted by atomic mass is 32.2. The summed E-state index contributed by atoms with van der Waals surface area (Å²) in [5.74, 6) is 1.28. The molecule has 1 fully saturated rings. The molecule has 1 saturated heterocycles. The van der Waals surface area contributed by atoms with Gasteiger partial charge in [0.05, 0.1) is 23.3 Å². The molecule has 0 unspecified atom stereocenters. The quantitative estimate of drug-likeness (QED) is 0.432. The first-order valence-corrected chi connectivity index (χ1v) is 10.5. The normalized spacial score (nSPS) is 16.5. The van der Waals surface area contributed by atoms with E-state index in [1.165, 1.54) is 11.8 Å². The molecule has 0 spiro atoms. The maximum absolute atomic E-state index is 12.9. The van der Waals surface area contributed by atoms with Crippen LogP contribution in [-0.2, 0) is 4.79 Å². The fourth-order valence-corrected chi connectivity index (χ4v) is 4.00. The number of carbonyl (C=O) groups is 1. The number of hydrogen-bond acceptors (Lipinski definition) is 5. The Bertz CT molecular complexity index is 896. The highest BCUT2D eigenvalue weighted by Gasteiger charge is 2.33. The van der Waals surface area contributed by atoms with Crippen LogP contribution in [0.4, 0.5) is 5.69 Å². The molecule has 4 nitrogen and oxygen atoms in total. The second kappa shape index (κ2) is 9.26. The summed E-state index contributed by atoms with van der Waals surface area (Å²) in [7, 11) is 0. The van der Waals surface area contributed by atoms with Gasteiger partial charge in [0.2, 0.25) is 0 Å². The number of amides is 1. The van der Waals surface area contributed by atoms with Gasteiger partial charge in [0.1, 0.15) is 0 Å². The summed E-state index contributed by atoms with van der Waals surface area (Å²) in [6.07, 6.45) is 2.86. The lowest BCUT2D eigenvalue weighted by Crippen LogP contribution is -2.27. The number of ether oxygens (including phenoxy) is 2. The SMILES string of the molecule is CCOc1cc(/C=C2/SC(=S)N(c3ccccc3)C2=O)ccc1O[C@H](C)CC. The maximum Gasteiger partial charge on any atom is 0.270 e. The molecule has 0 aromatic heterocycles. The van der Waals surface area contributed by atoms with Crippen molar-refractivity contribution in [3.05, 3.63) is 59.0 Å². The smallest absolute Gasteiger partial charge is 0.270 e. The molecule has 2 aromatic carbocycles. The Kier molecular flexibility index (Phi) is 6.75. The summed E-state index contributed by atoms with van der Waals surface area (Å²) >= 11 is 6.73. The second-order valence-electron chi connectivity index (χ2n) is 6.33. The van der Waals surface area contributed by atoms with Crippen LogP contribution < -0.4 is 14.4 Å². The molecule has 1 aliphatic heterocycles. The van der Waals surface area contributed by atoms with Crippen LogP contribution in [0.2, 0.25) is 0 Å². The predicted octanol–water partition coefficient (Wildman–Crippen LogP) is 5.67. The van der Waals surface area contributed by atoms with Crippen LogP contribution in [-0.4, -0.2) is 22.9 Å². The number of rotatable bonds is 7. The Morgan fingerprint density at radius 1 is 1.14 bits per heavy atom. The molecule has 6 heteroatoms. The van der Waals surface area contributed by atoms with E-state index in [4.69, 9.17) is 21.7 Å². The number of hydrogen-bond donors (Lipinski definition) is 0. The van der Waals surface area contributed by atoms with E-state index in [0.29, 0.717) is 27.3 Å². The first kappa shape index (κ1) is 20.4. The Morgan fingerprint density at radius 2 is 1.89 bits per heavy atom. The average Bonchev–Trinajstić information content (AvgIpc) is 2.97. The zero-order chi connectivity index (χ0) is 20.1. The minimum atomic E-state index is -0.112. The van der Waals surface area contributed by atoms with Crippen LogP contribution >= 0.6 is 24.0 Å². The van der Waals surface area contributed by atoms with Gasteiger partial charge in [0.25, 0.3) is 5.91 Å². The van der Waals surface area contributed by atoms with Crippen LogP contribution in [0.3, 0.4) is 0 Å². The van der Waals surface area contributed by atoms with Gasteiger partial charge < -0.3 is 9.47 Å². The molecule has 3 rings (SSSR count). The third-order valence-corrected chi connectivity index (χ3v) is 5.58. The van der Waals surface area contributed by atoms with Crippen molar-refractivity contribution in [3.63, 3.8) is 0 Å². The third kappa shape index (κ3) is 4.56. The van der Waals surface area contributed by atoms with Crippen molar-refractivity contribution in [2.75, 3.05) is 11.5 Å². The molecule has 28 heavy (non-hydrogen) atoms. The molecule has 0 aliphatic carbocycles. The average molecular weight is 414 g/mol. The Balaban J connectivity index is 1.87. The van der Waals surface area contributed by atoms with Crippen molar-refractivity contribution < 1.29 is 14.3 Å². The number of carbonyl (C=O) groups excluding carboxylic acids is 1. The number of anilines is 1. The Morgan fingerprint density at radius 3 is 2.57 bits per heavy atom. The van der Waals surface area contributed by atoms with Crippen molar-refractivity contribution >= 4 is 46.0 Å². The lowest BCUT2D eigenvalue weighted by Gasteiger charge is -2.16. The first-order valence-electron chi connectivity index (χ1n) is 9.30. The van der Waals surface area contributed by atoms with E-state index in [0.717, 1.165) is 17.7 Å². The highest BCUT2D eigenvalue weighted by molar-refractivity contribution is 8.27. The number of thioether (sulfide) groups is 1. The van der Waals surface area contributed by atoms with Gasteiger partial charge in [-0.25, -0.2) is 0 Å². The summed E-state index contributed by atoms with van der Waals surface area (Å²) in [6, 6.07) is 15.2. The third-order valence-electron chi connectivity index (χ3n) is 4.28. The van der Waals surface area contributed by atoms with Crippen molar-refractivity contribution in [2.24, 2.45) is 0 Å². The predicted molar refractivity (Wildman–Crippen MR) is 120 cm³/mol. The van der Waals surface area contributed by atoms with E-state index in [-0.39, 0.29) is 12.0 Å². The lowest BCUT2D eigenvalue weighted by atomic mass is 10.1. The Labute approximate surface area is 175 Å². The first-order chi connectivity index (χ1) is 13.5. The second-order valence-corrected chi connectivity index (χ2v) is 8.00. The summed E-state index contributed by atoms with van der Waals surface area (Å²) < 4.78 is 12.2. The highest BCUT2D eigenvalue weighted by Crippen LogP contribution is 2.37. The van der Waals surface area contributed by atoms with Crippen molar-refractivity contribution in [2.45, 2.75) is 33.3 Å². The molecule has 0 saturated carbocycles. The molecule has 1 amide bonds. The van der Waals surface area contributed by atoms with E-state index >= 15 is 0 Å². The van der Waals surface area contributed by atoms with Crippen LogP contribution in [0, 0.1) is 0 Å². The van der Waals surface area contributed by atoms with Gasteiger partial charge in [0.15, 0.2) is 15.8 Å². The maximum atomic E-state index is 12.9. The van der Waals surface area contributed by atoms with Crippen LogP contribution in [0.25, 0.3) is 6.08 Å². The molecule has 0 N–H and O–H groups in total.